The van der Waals surface area contributed by atoms with Crippen LogP contribution in [0.5, 0.6) is 0 Å². The van der Waals surface area contributed by atoms with E-state index in [0.29, 0.717) is 12.5 Å². The van der Waals surface area contributed by atoms with Crippen molar-refractivity contribution in [1.82, 2.24) is 8.61 Å². The summed E-state index contributed by atoms with van der Waals surface area (Å²) < 4.78 is 28.2. The number of carboxylic acid groups (broad SMARTS) is 1. The molecule has 0 spiro atoms. The van der Waals surface area contributed by atoms with E-state index in [0.717, 1.165) is 32.1 Å². The van der Waals surface area contributed by atoms with Crippen LogP contribution in [0, 0.1) is 5.92 Å². The zero-order valence-corrected chi connectivity index (χ0v) is 14.1. The Labute approximate surface area is 128 Å². The van der Waals surface area contributed by atoms with Gasteiger partial charge >= 0.3 is 5.97 Å². The van der Waals surface area contributed by atoms with Gasteiger partial charge in [0, 0.05) is 26.2 Å². The minimum absolute atomic E-state index is 0.0164. The molecule has 1 aliphatic carbocycles. The third-order valence-electron chi connectivity index (χ3n) is 3.99. The summed E-state index contributed by atoms with van der Waals surface area (Å²) in [7, 11) is -2.10. The molecule has 124 valence electrons. The maximum Gasteiger partial charge on any atom is 0.304 e. The van der Waals surface area contributed by atoms with Crippen molar-refractivity contribution >= 4 is 16.2 Å². The first-order valence-electron chi connectivity index (χ1n) is 7.70. The molecule has 0 atom stereocenters. The Morgan fingerprint density at radius 1 is 1.24 bits per heavy atom. The summed E-state index contributed by atoms with van der Waals surface area (Å²) in [5.74, 6) is -0.542. The maximum atomic E-state index is 12.7. The highest BCUT2D eigenvalue weighted by molar-refractivity contribution is 7.86. The van der Waals surface area contributed by atoms with Crippen molar-refractivity contribution in [3.8, 4) is 0 Å². The van der Waals surface area contributed by atoms with E-state index in [4.69, 9.17) is 5.11 Å². The fourth-order valence-corrected chi connectivity index (χ4v) is 4.22. The Bertz CT molecular complexity index is 430. The standard InChI is InChI=1S/C14H28N2O4S/c1-12(2)8-11-16(13-6-4-5-7-13)21(19,20)15(3)10-9-14(17)18/h12-13H,4-11H2,1-3H3,(H,17,18). The minimum Gasteiger partial charge on any atom is -0.481 e. The number of aliphatic carboxylic acids is 1. The Kier molecular flexibility index (Phi) is 7.09. The summed E-state index contributed by atoms with van der Waals surface area (Å²) in [5, 5.41) is 8.72. The lowest BCUT2D eigenvalue weighted by atomic mass is 10.1. The monoisotopic (exact) mass is 320 g/mol. The van der Waals surface area contributed by atoms with Crippen LogP contribution in [0.3, 0.4) is 0 Å². The number of rotatable bonds is 9. The number of hydrogen-bond acceptors (Lipinski definition) is 3. The summed E-state index contributed by atoms with van der Waals surface area (Å²) >= 11 is 0. The van der Waals surface area contributed by atoms with Gasteiger partial charge in [-0.05, 0) is 25.2 Å². The van der Waals surface area contributed by atoms with Gasteiger partial charge in [-0.3, -0.25) is 4.79 Å². The molecule has 1 N–H and O–H groups in total. The van der Waals surface area contributed by atoms with Crippen LogP contribution < -0.4 is 0 Å². The van der Waals surface area contributed by atoms with Gasteiger partial charge in [-0.2, -0.15) is 17.0 Å². The van der Waals surface area contributed by atoms with Crippen molar-refractivity contribution in [3.05, 3.63) is 0 Å². The van der Waals surface area contributed by atoms with Gasteiger partial charge < -0.3 is 5.11 Å². The smallest absolute Gasteiger partial charge is 0.304 e. The van der Waals surface area contributed by atoms with Gasteiger partial charge in [-0.15, -0.1) is 0 Å². The van der Waals surface area contributed by atoms with Crippen molar-refractivity contribution in [3.63, 3.8) is 0 Å². The van der Waals surface area contributed by atoms with Gasteiger partial charge in [0.25, 0.3) is 10.2 Å². The van der Waals surface area contributed by atoms with Crippen molar-refractivity contribution in [1.29, 1.82) is 0 Å². The molecule has 0 aromatic carbocycles. The maximum absolute atomic E-state index is 12.7. The fraction of sp³-hybridized carbons (Fsp3) is 0.929. The molecule has 0 radical (unpaired) electrons. The molecule has 1 saturated carbocycles. The molecule has 1 rings (SSSR count). The molecule has 0 aromatic rings. The van der Waals surface area contributed by atoms with E-state index in [1.807, 2.05) is 0 Å². The molecule has 0 aliphatic heterocycles. The van der Waals surface area contributed by atoms with Crippen molar-refractivity contribution < 1.29 is 18.3 Å². The van der Waals surface area contributed by atoms with Crippen LogP contribution >= 0.6 is 0 Å². The Balaban J connectivity index is 2.80. The van der Waals surface area contributed by atoms with Gasteiger partial charge in [0.05, 0.1) is 6.42 Å². The summed E-state index contributed by atoms with van der Waals surface area (Å²) in [5.41, 5.74) is 0. The number of carboxylic acids is 1. The fourth-order valence-electron chi connectivity index (χ4n) is 2.61. The molecule has 0 amide bonds. The normalized spacial score (nSPS) is 17.2. The molecular formula is C14H28N2O4S. The number of nitrogens with zero attached hydrogens (tertiary/aromatic N) is 2. The predicted molar refractivity (Wildman–Crippen MR) is 82.2 cm³/mol. The zero-order chi connectivity index (χ0) is 16.0. The van der Waals surface area contributed by atoms with Crippen LogP contribution in [0.2, 0.25) is 0 Å². The molecule has 0 bridgehead atoms. The van der Waals surface area contributed by atoms with E-state index >= 15 is 0 Å². The summed E-state index contributed by atoms with van der Waals surface area (Å²) in [6, 6.07) is 0.0704. The van der Waals surface area contributed by atoms with Crippen molar-refractivity contribution in [2.45, 2.75) is 58.4 Å². The molecule has 6 nitrogen and oxygen atoms in total. The first-order chi connectivity index (χ1) is 9.75. The third kappa shape index (κ3) is 5.56. The minimum atomic E-state index is -3.57. The quantitative estimate of drug-likeness (QED) is 0.704. The number of carbonyl (C=O) groups is 1. The summed E-state index contributed by atoms with van der Waals surface area (Å²) in [6.45, 7) is 4.69. The molecular weight excluding hydrogens is 292 g/mol. The second kappa shape index (κ2) is 8.10. The van der Waals surface area contributed by atoms with E-state index in [1.54, 1.807) is 4.31 Å². The zero-order valence-electron chi connectivity index (χ0n) is 13.3. The van der Waals surface area contributed by atoms with Crippen molar-refractivity contribution in [2.75, 3.05) is 20.1 Å². The molecule has 0 heterocycles. The van der Waals surface area contributed by atoms with Gasteiger partial charge in [0.15, 0.2) is 0 Å². The second-order valence-electron chi connectivity index (χ2n) is 6.20. The first-order valence-corrected chi connectivity index (χ1v) is 9.09. The van der Waals surface area contributed by atoms with E-state index in [1.165, 1.54) is 11.4 Å². The highest BCUT2D eigenvalue weighted by Crippen LogP contribution is 2.27. The van der Waals surface area contributed by atoms with Crippen LogP contribution in [0.15, 0.2) is 0 Å². The van der Waals surface area contributed by atoms with Gasteiger partial charge in [-0.25, -0.2) is 0 Å². The van der Waals surface area contributed by atoms with E-state index in [2.05, 4.69) is 13.8 Å². The lowest BCUT2D eigenvalue weighted by Gasteiger charge is -2.32. The Morgan fingerprint density at radius 2 is 1.81 bits per heavy atom. The van der Waals surface area contributed by atoms with Gasteiger partial charge in [0.1, 0.15) is 0 Å². The van der Waals surface area contributed by atoms with Crippen LogP contribution in [0.25, 0.3) is 0 Å². The lowest BCUT2D eigenvalue weighted by Crippen LogP contribution is -2.47. The summed E-state index contributed by atoms with van der Waals surface area (Å²) in [4.78, 5) is 10.6. The largest absolute Gasteiger partial charge is 0.481 e. The second-order valence-corrected chi connectivity index (χ2v) is 8.19. The molecule has 21 heavy (non-hydrogen) atoms. The van der Waals surface area contributed by atoms with E-state index in [-0.39, 0.29) is 19.0 Å². The highest BCUT2D eigenvalue weighted by Gasteiger charge is 2.34. The van der Waals surface area contributed by atoms with Gasteiger partial charge in [0.2, 0.25) is 0 Å². The highest BCUT2D eigenvalue weighted by atomic mass is 32.2. The molecule has 1 aliphatic rings. The van der Waals surface area contributed by atoms with Gasteiger partial charge in [-0.1, -0.05) is 26.7 Å². The van der Waals surface area contributed by atoms with E-state index in [9.17, 15) is 13.2 Å². The predicted octanol–water partition coefficient (Wildman–Crippen LogP) is 1.93. The van der Waals surface area contributed by atoms with Crippen molar-refractivity contribution in [2.24, 2.45) is 5.92 Å². The average molecular weight is 320 g/mol. The average Bonchev–Trinajstić information content (AvgIpc) is 2.89. The van der Waals surface area contributed by atoms with Crippen LogP contribution in [0.4, 0.5) is 0 Å². The Morgan fingerprint density at radius 3 is 2.29 bits per heavy atom. The molecule has 0 saturated heterocycles. The van der Waals surface area contributed by atoms with Crippen LogP contribution in [0.1, 0.15) is 52.4 Å². The lowest BCUT2D eigenvalue weighted by molar-refractivity contribution is -0.137. The molecule has 7 heteroatoms. The molecule has 1 fully saturated rings. The third-order valence-corrected chi connectivity index (χ3v) is 6.03. The van der Waals surface area contributed by atoms with Crippen LogP contribution in [-0.4, -0.2) is 54.3 Å². The van der Waals surface area contributed by atoms with E-state index < -0.39 is 16.2 Å². The Hall–Kier alpha value is -0.660. The molecule has 0 unspecified atom stereocenters. The SMILES string of the molecule is CC(C)CCN(C1CCCC1)S(=O)(=O)N(C)CCC(=O)O. The number of hydrogen-bond donors (Lipinski definition) is 1. The first kappa shape index (κ1) is 18.4. The van der Waals surface area contributed by atoms with Crippen LogP contribution in [-0.2, 0) is 15.0 Å². The molecule has 0 aromatic heterocycles. The topological polar surface area (TPSA) is 77.9 Å². The summed E-state index contributed by atoms with van der Waals surface area (Å²) in [6.07, 6.45) is 4.60.